The Morgan fingerprint density at radius 3 is 2.67 bits per heavy atom. The number of ether oxygens (including phenoxy) is 1. The van der Waals surface area contributed by atoms with Gasteiger partial charge in [-0.1, -0.05) is 0 Å². The number of rotatable bonds is 1. The van der Waals surface area contributed by atoms with Crippen LogP contribution in [0, 0.1) is 17.8 Å². The van der Waals surface area contributed by atoms with E-state index in [9.17, 15) is 4.79 Å². The third kappa shape index (κ3) is 0.959. The second kappa shape index (κ2) is 2.73. The third-order valence-corrected chi connectivity index (χ3v) is 3.49. The summed E-state index contributed by atoms with van der Waals surface area (Å²) in [5, 5.41) is 0. The highest BCUT2D eigenvalue weighted by Gasteiger charge is 2.49. The number of carbonyl (C=O) groups excluding carboxylic acids is 1. The molecule has 4 atom stereocenters. The second-order valence-corrected chi connectivity index (χ2v) is 3.94. The number of carbonyl (C=O) groups is 1. The molecule has 0 unspecified atom stereocenters. The van der Waals surface area contributed by atoms with E-state index in [4.69, 9.17) is 10.5 Å². The van der Waals surface area contributed by atoms with Crippen molar-refractivity contribution in [1.82, 2.24) is 0 Å². The highest BCUT2D eigenvalue weighted by atomic mass is 16.5. The van der Waals surface area contributed by atoms with Gasteiger partial charge in [0.15, 0.2) is 0 Å². The summed E-state index contributed by atoms with van der Waals surface area (Å²) in [5.74, 6) is 1.03. The van der Waals surface area contributed by atoms with Crippen LogP contribution in [0.5, 0.6) is 0 Å². The van der Waals surface area contributed by atoms with Crippen LogP contribution in [-0.4, -0.2) is 19.1 Å². The molecule has 3 nitrogen and oxygen atoms in total. The van der Waals surface area contributed by atoms with Gasteiger partial charge in [0.1, 0.15) is 0 Å². The lowest BCUT2D eigenvalue weighted by Gasteiger charge is -2.18. The number of esters is 1. The average Bonchev–Trinajstić information content (AvgIpc) is 2.60. The predicted molar refractivity (Wildman–Crippen MR) is 44.3 cm³/mol. The Morgan fingerprint density at radius 1 is 1.50 bits per heavy atom. The van der Waals surface area contributed by atoms with Crippen molar-refractivity contribution < 1.29 is 9.53 Å². The molecule has 12 heavy (non-hydrogen) atoms. The van der Waals surface area contributed by atoms with E-state index in [1.807, 2.05) is 0 Å². The first-order chi connectivity index (χ1) is 5.74. The maximum absolute atomic E-state index is 11.3. The van der Waals surface area contributed by atoms with E-state index >= 15 is 0 Å². The summed E-state index contributed by atoms with van der Waals surface area (Å²) in [6.07, 6.45) is 3.28. The van der Waals surface area contributed by atoms with Crippen molar-refractivity contribution in [3.8, 4) is 0 Å². The molecule has 2 N–H and O–H groups in total. The van der Waals surface area contributed by atoms with Crippen molar-refractivity contribution in [3.05, 3.63) is 0 Å². The van der Waals surface area contributed by atoms with Crippen LogP contribution in [0.25, 0.3) is 0 Å². The normalized spacial score (nSPS) is 44.8. The molecular weight excluding hydrogens is 154 g/mol. The van der Waals surface area contributed by atoms with E-state index < -0.39 is 0 Å². The Hall–Kier alpha value is -0.570. The summed E-state index contributed by atoms with van der Waals surface area (Å²) in [6.45, 7) is 0. The highest BCUT2D eigenvalue weighted by Crippen LogP contribution is 2.47. The molecule has 0 aromatic rings. The van der Waals surface area contributed by atoms with E-state index in [-0.39, 0.29) is 17.9 Å². The van der Waals surface area contributed by atoms with Crippen molar-refractivity contribution in [1.29, 1.82) is 0 Å². The molecule has 2 fully saturated rings. The average molecular weight is 169 g/mol. The molecule has 0 aliphatic heterocycles. The zero-order valence-corrected chi connectivity index (χ0v) is 7.32. The van der Waals surface area contributed by atoms with Gasteiger partial charge in [0.25, 0.3) is 0 Å². The highest BCUT2D eigenvalue weighted by molar-refractivity contribution is 5.73. The molecule has 0 heterocycles. The van der Waals surface area contributed by atoms with Crippen molar-refractivity contribution >= 4 is 5.97 Å². The zero-order valence-electron chi connectivity index (χ0n) is 7.32. The number of methoxy groups -OCH3 is 1. The van der Waals surface area contributed by atoms with Gasteiger partial charge in [0.2, 0.25) is 0 Å². The molecule has 3 heteroatoms. The van der Waals surface area contributed by atoms with Gasteiger partial charge < -0.3 is 10.5 Å². The fourth-order valence-electron chi connectivity index (χ4n) is 2.81. The standard InChI is InChI=1S/C9H15NO2/c1-12-9(11)7-4-5-2-3-6(7)8(5)10/h5-8H,2-4,10H2,1H3/t5-,6-,7-,8+/m1/s1. The van der Waals surface area contributed by atoms with Crippen LogP contribution >= 0.6 is 0 Å². The summed E-state index contributed by atoms with van der Waals surface area (Å²) >= 11 is 0. The van der Waals surface area contributed by atoms with Crippen molar-refractivity contribution in [2.45, 2.75) is 25.3 Å². The van der Waals surface area contributed by atoms with Gasteiger partial charge in [-0.05, 0) is 31.1 Å². The minimum atomic E-state index is -0.0577. The third-order valence-electron chi connectivity index (χ3n) is 3.49. The molecule has 2 aliphatic carbocycles. The van der Waals surface area contributed by atoms with Gasteiger partial charge in [-0.15, -0.1) is 0 Å². The summed E-state index contributed by atoms with van der Waals surface area (Å²) in [6, 6.07) is 0.258. The molecule has 0 radical (unpaired) electrons. The molecule has 2 rings (SSSR count). The molecule has 0 amide bonds. The summed E-state index contributed by atoms with van der Waals surface area (Å²) in [7, 11) is 1.46. The number of nitrogens with two attached hydrogens (primary N) is 1. The second-order valence-electron chi connectivity index (χ2n) is 3.94. The topological polar surface area (TPSA) is 52.3 Å². The molecule has 0 spiro atoms. The summed E-state index contributed by atoms with van der Waals surface area (Å²) in [4.78, 5) is 11.3. The van der Waals surface area contributed by atoms with Crippen molar-refractivity contribution in [2.24, 2.45) is 23.5 Å². The molecule has 2 aliphatic rings. The quantitative estimate of drug-likeness (QED) is 0.583. The lowest BCUT2D eigenvalue weighted by atomic mass is 9.89. The lowest BCUT2D eigenvalue weighted by Crippen LogP contribution is -2.29. The largest absolute Gasteiger partial charge is 0.469 e. The number of fused-ring (bicyclic) bond motifs is 2. The molecule has 68 valence electrons. The molecule has 0 saturated heterocycles. The van der Waals surface area contributed by atoms with Crippen LogP contribution in [0.1, 0.15) is 19.3 Å². The van der Waals surface area contributed by atoms with Crippen LogP contribution in [0.2, 0.25) is 0 Å². The monoisotopic (exact) mass is 169 g/mol. The fourth-order valence-corrected chi connectivity index (χ4v) is 2.81. The molecule has 2 saturated carbocycles. The van der Waals surface area contributed by atoms with Crippen LogP contribution in [-0.2, 0) is 9.53 Å². The van der Waals surface area contributed by atoms with Crippen LogP contribution in [0.15, 0.2) is 0 Å². The maximum atomic E-state index is 11.3. The van der Waals surface area contributed by atoms with Crippen molar-refractivity contribution in [2.75, 3.05) is 7.11 Å². The van der Waals surface area contributed by atoms with Crippen LogP contribution in [0.4, 0.5) is 0 Å². The Labute approximate surface area is 72.3 Å². The first-order valence-electron chi connectivity index (χ1n) is 4.57. The van der Waals surface area contributed by atoms with Crippen LogP contribution < -0.4 is 5.73 Å². The molecular formula is C9H15NO2. The van der Waals surface area contributed by atoms with Gasteiger partial charge in [-0.3, -0.25) is 4.79 Å². The minimum Gasteiger partial charge on any atom is -0.469 e. The Kier molecular flexibility index (Phi) is 1.83. The van der Waals surface area contributed by atoms with E-state index in [1.54, 1.807) is 0 Å². The van der Waals surface area contributed by atoms with E-state index in [1.165, 1.54) is 13.5 Å². The fraction of sp³-hybridized carbons (Fsp3) is 0.889. The first-order valence-corrected chi connectivity index (χ1v) is 4.57. The number of hydrogen-bond acceptors (Lipinski definition) is 3. The Morgan fingerprint density at radius 2 is 2.25 bits per heavy atom. The summed E-state index contributed by atoms with van der Waals surface area (Å²) in [5.41, 5.74) is 5.96. The lowest BCUT2D eigenvalue weighted by molar-refractivity contribution is -0.147. The molecule has 2 bridgehead atoms. The predicted octanol–water partition coefficient (Wildman–Crippen LogP) is 0.533. The van der Waals surface area contributed by atoms with Crippen molar-refractivity contribution in [3.63, 3.8) is 0 Å². The van der Waals surface area contributed by atoms with E-state index in [2.05, 4.69) is 0 Å². The smallest absolute Gasteiger partial charge is 0.309 e. The van der Waals surface area contributed by atoms with Gasteiger partial charge >= 0.3 is 5.97 Å². The maximum Gasteiger partial charge on any atom is 0.309 e. The Balaban J connectivity index is 2.08. The van der Waals surface area contributed by atoms with Gasteiger partial charge in [0, 0.05) is 6.04 Å². The van der Waals surface area contributed by atoms with Gasteiger partial charge in [-0.2, -0.15) is 0 Å². The summed E-state index contributed by atoms with van der Waals surface area (Å²) < 4.78 is 4.74. The zero-order chi connectivity index (χ0) is 8.72. The SMILES string of the molecule is COC(=O)[C@@H]1C[C@H]2CC[C@H]1[C@H]2N. The number of hydrogen-bond donors (Lipinski definition) is 1. The Bertz CT molecular complexity index is 205. The molecule has 0 aromatic heterocycles. The van der Waals surface area contributed by atoms with E-state index in [0.29, 0.717) is 11.8 Å². The minimum absolute atomic E-state index is 0.0577. The van der Waals surface area contributed by atoms with Crippen LogP contribution in [0.3, 0.4) is 0 Å². The van der Waals surface area contributed by atoms with Gasteiger partial charge in [0.05, 0.1) is 13.0 Å². The molecule has 0 aromatic carbocycles. The first kappa shape index (κ1) is 8.05. The van der Waals surface area contributed by atoms with E-state index in [0.717, 1.165) is 12.8 Å². The van der Waals surface area contributed by atoms with Gasteiger partial charge in [-0.25, -0.2) is 0 Å².